The van der Waals surface area contributed by atoms with Crippen molar-refractivity contribution in [3.05, 3.63) is 35.9 Å². The van der Waals surface area contributed by atoms with Crippen LogP contribution in [0, 0.1) is 5.41 Å². The molecule has 0 aromatic heterocycles. The van der Waals surface area contributed by atoms with Gasteiger partial charge in [-0.2, -0.15) is 0 Å². The topological polar surface area (TPSA) is 43.9 Å². The average Bonchev–Trinajstić information content (AvgIpc) is 3.55. The van der Waals surface area contributed by atoms with E-state index in [0.717, 1.165) is 45.4 Å². The first-order valence-electron chi connectivity index (χ1n) is 10.8. The van der Waals surface area contributed by atoms with Gasteiger partial charge in [0.25, 0.3) is 0 Å². The van der Waals surface area contributed by atoms with Crippen molar-refractivity contribution in [2.45, 2.75) is 50.5 Å². The van der Waals surface area contributed by atoms with Crippen molar-refractivity contribution in [1.29, 1.82) is 0 Å². The number of hydrogen-bond donors (Lipinski definition) is 0. The third-order valence-electron chi connectivity index (χ3n) is 6.97. The molecule has 152 valence electrons. The number of nitrogens with zero attached hydrogens (tertiary/aromatic N) is 3. The molecule has 4 rings (SSSR count). The van der Waals surface area contributed by atoms with Crippen molar-refractivity contribution in [3.63, 3.8) is 0 Å². The second-order valence-electron chi connectivity index (χ2n) is 9.24. The Hall–Kier alpha value is -1.88. The van der Waals surface area contributed by atoms with Gasteiger partial charge in [0.2, 0.25) is 11.8 Å². The van der Waals surface area contributed by atoms with Crippen LogP contribution >= 0.6 is 0 Å². The summed E-state index contributed by atoms with van der Waals surface area (Å²) in [6.07, 6.45) is 6.17. The highest BCUT2D eigenvalue weighted by molar-refractivity contribution is 5.85. The lowest BCUT2D eigenvalue weighted by atomic mass is 9.67. The lowest BCUT2D eigenvalue weighted by Gasteiger charge is -2.50. The maximum Gasteiger partial charge on any atom is 0.230 e. The maximum absolute atomic E-state index is 13.2. The van der Waals surface area contributed by atoms with E-state index in [9.17, 15) is 9.59 Å². The number of hydrogen-bond acceptors (Lipinski definition) is 3. The van der Waals surface area contributed by atoms with Gasteiger partial charge in [-0.1, -0.05) is 30.3 Å². The molecule has 0 bridgehead atoms. The maximum atomic E-state index is 13.2. The van der Waals surface area contributed by atoms with E-state index in [4.69, 9.17) is 0 Å². The predicted octanol–water partition coefficient (Wildman–Crippen LogP) is 2.73. The Labute approximate surface area is 168 Å². The van der Waals surface area contributed by atoms with Crippen LogP contribution in [0.3, 0.4) is 0 Å². The molecule has 3 aliphatic rings. The lowest BCUT2D eigenvalue weighted by molar-refractivity contribution is -0.142. The van der Waals surface area contributed by atoms with Crippen LogP contribution in [0.15, 0.2) is 30.3 Å². The largest absolute Gasteiger partial charge is 0.349 e. The fourth-order valence-electron chi connectivity index (χ4n) is 4.96. The molecule has 0 N–H and O–H groups in total. The molecule has 1 aromatic rings. The summed E-state index contributed by atoms with van der Waals surface area (Å²) < 4.78 is 0. The molecule has 28 heavy (non-hydrogen) atoms. The first-order chi connectivity index (χ1) is 13.5. The highest BCUT2D eigenvalue weighted by Crippen LogP contribution is 2.48. The van der Waals surface area contributed by atoms with E-state index in [1.165, 1.54) is 18.4 Å². The highest BCUT2D eigenvalue weighted by Gasteiger charge is 2.49. The van der Waals surface area contributed by atoms with E-state index in [-0.39, 0.29) is 17.2 Å². The summed E-state index contributed by atoms with van der Waals surface area (Å²) in [4.78, 5) is 31.4. The minimum absolute atomic E-state index is 0.0115. The van der Waals surface area contributed by atoms with Crippen LogP contribution in [-0.2, 0) is 9.59 Å². The minimum atomic E-state index is 0.0115. The number of piperidine rings is 2. The second kappa shape index (κ2) is 7.86. The number of likely N-dealkylation sites (tertiary alicyclic amines) is 2. The molecule has 5 heteroatoms. The fourth-order valence-corrected chi connectivity index (χ4v) is 4.96. The average molecular weight is 384 g/mol. The predicted molar refractivity (Wildman–Crippen MR) is 110 cm³/mol. The molecular weight excluding hydrogens is 350 g/mol. The molecule has 5 nitrogen and oxygen atoms in total. The summed E-state index contributed by atoms with van der Waals surface area (Å²) in [5, 5.41) is 0. The van der Waals surface area contributed by atoms with Gasteiger partial charge in [-0.3, -0.25) is 9.59 Å². The molecule has 0 unspecified atom stereocenters. The van der Waals surface area contributed by atoms with Crippen molar-refractivity contribution >= 4 is 11.8 Å². The lowest BCUT2D eigenvalue weighted by Crippen LogP contribution is -2.54. The van der Waals surface area contributed by atoms with E-state index in [1.807, 2.05) is 20.2 Å². The Morgan fingerprint density at radius 1 is 1.14 bits per heavy atom. The van der Waals surface area contributed by atoms with E-state index in [2.05, 4.69) is 34.1 Å². The van der Waals surface area contributed by atoms with Gasteiger partial charge < -0.3 is 14.7 Å². The molecule has 3 fully saturated rings. The van der Waals surface area contributed by atoms with Crippen LogP contribution in [0.1, 0.15) is 50.0 Å². The molecular formula is C23H33N3O2. The Morgan fingerprint density at radius 3 is 2.43 bits per heavy atom. The summed E-state index contributed by atoms with van der Waals surface area (Å²) >= 11 is 0. The van der Waals surface area contributed by atoms with Gasteiger partial charge in [0.05, 0.1) is 5.92 Å². The Morgan fingerprint density at radius 2 is 1.82 bits per heavy atom. The van der Waals surface area contributed by atoms with Gasteiger partial charge >= 0.3 is 0 Å². The number of amides is 2. The monoisotopic (exact) mass is 383 g/mol. The smallest absolute Gasteiger partial charge is 0.230 e. The van der Waals surface area contributed by atoms with E-state index in [0.29, 0.717) is 18.4 Å². The quantitative estimate of drug-likeness (QED) is 0.785. The van der Waals surface area contributed by atoms with Crippen LogP contribution < -0.4 is 0 Å². The van der Waals surface area contributed by atoms with Crippen molar-refractivity contribution in [3.8, 4) is 0 Å². The zero-order valence-corrected chi connectivity index (χ0v) is 17.3. The van der Waals surface area contributed by atoms with Crippen LogP contribution in [0.25, 0.3) is 0 Å². The van der Waals surface area contributed by atoms with Crippen LogP contribution in [-0.4, -0.2) is 72.8 Å². The molecule has 2 saturated heterocycles. The highest BCUT2D eigenvalue weighted by atomic mass is 16.2. The Kier molecular flexibility index (Phi) is 5.46. The van der Waals surface area contributed by atoms with Crippen LogP contribution in [0.2, 0.25) is 0 Å². The van der Waals surface area contributed by atoms with E-state index < -0.39 is 0 Å². The van der Waals surface area contributed by atoms with Gasteiger partial charge in [0.1, 0.15) is 0 Å². The van der Waals surface area contributed by atoms with E-state index in [1.54, 1.807) is 4.90 Å². The second-order valence-corrected chi connectivity index (χ2v) is 9.24. The SMILES string of the molecule is CN(C)C(=O)CCN1CCC2(CC1)C[C@@H](c1ccccc1)C(=O)N(C1CC1)C2. The van der Waals surface area contributed by atoms with Gasteiger partial charge in [-0.25, -0.2) is 0 Å². The molecule has 1 saturated carbocycles. The standard InChI is InChI=1S/C23H33N3O2/c1-24(2)21(27)10-13-25-14-11-23(12-15-25)16-20(18-6-4-3-5-7-18)22(28)26(17-23)19-8-9-19/h3-7,19-20H,8-17H2,1-2H3/t20-/m0/s1. The Bertz CT molecular complexity index is 706. The zero-order valence-electron chi connectivity index (χ0n) is 17.3. The van der Waals surface area contributed by atoms with Crippen molar-refractivity contribution in [2.24, 2.45) is 5.41 Å². The number of carbonyl (C=O) groups excluding carboxylic acids is 2. The van der Waals surface area contributed by atoms with Crippen LogP contribution in [0.4, 0.5) is 0 Å². The number of carbonyl (C=O) groups is 2. The van der Waals surface area contributed by atoms with Crippen molar-refractivity contribution in [2.75, 3.05) is 40.3 Å². The Balaban J connectivity index is 1.44. The number of benzene rings is 1. The normalized spacial score (nSPS) is 25.1. The molecule has 1 aliphatic carbocycles. The van der Waals surface area contributed by atoms with Gasteiger partial charge in [-0.05, 0) is 56.2 Å². The van der Waals surface area contributed by atoms with Gasteiger partial charge in [0, 0.05) is 39.6 Å². The van der Waals surface area contributed by atoms with Gasteiger partial charge in [-0.15, -0.1) is 0 Å². The molecule has 1 atom stereocenters. The van der Waals surface area contributed by atoms with Crippen LogP contribution in [0.5, 0.6) is 0 Å². The molecule has 2 heterocycles. The third-order valence-corrected chi connectivity index (χ3v) is 6.97. The minimum Gasteiger partial charge on any atom is -0.349 e. The summed E-state index contributed by atoms with van der Waals surface area (Å²) in [7, 11) is 3.64. The van der Waals surface area contributed by atoms with Gasteiger partial charge in [0.15, 0.2) is 0 Å². The molecule has 0 radical (unpaired) electrons. The summed E-state index contributed by atoms with van der Waals surface area (Å²) in [6, 6.07) is 10.8. The van der Waals surface area contributed by atoms with Crippen molar-refractivity contribution < 1.29 is 9.59 Å². The first kappa shape index (κ1) is 19.4. The summed E-state index contributed by atoms with van der Waals surface area (Å²) in [5.41, 5.74) is 1.41. The van der Waals surface area contributed by atoms with Crippen molar-refractivity contribution in [1.82, 2.24) is 14.7 Å². The summed E-state index contributed by atoms with van der Waals surface area (Å²) in [5.74, 6) is 0.559. The molecule has 1 aromatic carbocycles. The third kappa shape index (κ3) is 4.09. The molecule has 2 amide bonds. The summed E-state index contributed by atoms with van der Waals surface area (Å²) in [6.45, 7) is 3.86. The molecule has 2 aliphatic heterocycles. The number of rotatable bonds is 5. The molecule has 1 spiro atoms. The van der Waals surface area contributed by atoms with E-state index >= 15 is 0 Å². The first-order valence-corrected chi connectivity index (χ1v) is 10.8. The fraction of sp³-hybridized carbons (Fsp3) is 0.652. The zero-order chi connectivity index (χ0) is 19.7.